The van der Waals surface area contributed by atoms with Crippen LogP contribution in [0.1, 0.15) is 47.0 Å². The van der Waals surface area contributed by atoms with E-state index in [1.165, 1.54) is 32.4 Å². The van der Waals surface area contributed by atoms with Crippen molar-refractivity contribution in [3.63, 3.8) is 0 Å². The van der Waals surface area contributed by atoms with Crippen molar-refractivity contribution in [2.75, 3.05) is 45.9 Å². The van der Waals surface area contributed by atoms with E-state index < -0.39 is 8.72 Å². The average Bonchev–Trinajstić information content (AvgIpc) is 2.80. The van der Waals surface area contributed by atoms with Crippen LogP contribution in [0.25, 0.3) is 0 Å². The second kappa shape index (κ2) is 9.90. The van der Waals surface area contributed by atoms with Crippen LogP contribution in [0.2, 0.25) is 6.04 Å². The third-order valence-electron chi connectivity index (χ3n) is 3.91. The van der Waals surface area contributed by atoms with Crippen molar-refractivity contribution < 1.29 is 8.85 Å². The van der Waals surface area contributed by atoms with Crippen LogP contribution in [0.15, 0.2) is 0 Å². The summed E-state index contributed by atoms with van der Waals surface area (Å²) in [7, 11) is -2.07. The number of nitrogens with zero attached hydrogens (tertiary/aromatic N) is 2. The molecule has 0 atom stereocenters. The Kier molecular flexibility index (Phi) is 8.96. The van der Waals surface area contributed by atoms with E-state index in [9.17, 15) is 0 Å². The van der Waals surface area contributed by atoms with Gasteiger partial charge in [0, 0.05) is 32.3 Å². The molecule has 0 aliphatic carbocycles. The molecule has 0 N–H and O–H groups in total. The molecule has 1 aliphatic rings. The molecule has 1 saturated heterocycles. The standard InChI is InChI=1S/C15H34N2O2Si/c1-5-10-16(11-6-2)13-14-17-12-9-15-20(17,18-7-3)19-8-4/h5-15H2,1-4H3. The van der Waals surface area contributed by atoms with Gasteiger partial charge in [0.05, 0.1) is 0 Å². The summed E-state index contributed by atoms with van der Waals surface area (Å²) in [6, 6.07) is 1.14. The summed E-state index contributed by atoms with van der Waals surface area (Å²) in [5.74, 6) is 0. The quantitative estimate of drug-likeness (QED) is 0.548. The molecule has 0 saturated carbocycles. The zero-order chi connectivity index (χ0) is 14.8. The third-order valence-corrected chi connectivity index (χ3v) is 7.78. The monoisotopic (exact) mass is 302 g/mol. The molecule has 1 heterocycles. The highest BCUT2D eigenvalue weighted by Gasteiger charge is 2.48. The van der Waals surface area contributed by atoms with Gasteiger partial charge in [0.2, 0.25) is 0 Å². The van der Waals surface area contributed by atoms with E-state index in [1.807, 2.05) is 0 Å². The Hall–Kier alpha value is 0.0569. The molecular formula is C15H34N2O2Si. The maximum atomic E-state index is 6.12. The van der Waals surface area contributed by atoms with Gasteiger partial charge in [-0.2, -0.15) is 0 Å². The van der Waals surface area contributed by atoms with Crippen LogP contribution in [0.4, 0.5) is 0 Å². The SMILES string of the molecule is CCCN(CCC)CCN1CCC[Si]1(OCC)OCC. The van der Waals surface area contributed by atoms with Crippen LogP contribution < -0.4 is 0 Å². The molecule has 0 aromatic carbocycles. The predicted molar refractivity (Wildman–Crippen MR) is 87.0 cm³/mol. The maximum Gasteiger partial charge on any atom is 0.427 e. The van der Waals surface area contributed by atoms with Crippen LogP contribution >= 0.6 is 0 Å². The van der Waals surface area contributed by atoms with Crippen LogP contribution in [-0.4, -0.2) is 64.1 Å². The van der Waals surface area contributed by atoms with E-state index in [2.05, 4.69) is 37.2 Å². The highest BCUT2D eigenvalue weighted by molar-refractivity contribution is 6.65. The van der Waals surface area contributed by atoms with Crippen molar-refractivity contribution >= 4 is 8.72 Å². The molecule has 1 rings (SSSR count). The van der Waals surface area contributed by atoms with Crippen molar-refractivity contribution in [2.24, 2.45) is 0 Å². The molecule has 0 amide bonds. The lowest BCUT2D eigenvalue weighted by Gasteiger charge is -2.35. The van der Waals surface area contributed by atoms with Gasteiger partial charge in [-0.1, -0.05) is 13.8 Å². The molecule has 20 heavy (non-hydrogen) atoms. The first-order valence-electron chi connectivity index (χ1n) is 8.47. The largest absolute Gasteiger partial charge is 0.427 e. The molecule has 5 heteroatoms. The summed E-state index contributed by atoms with van der Waals surface area (Å²) in [5, 5.41) is 0. The minimum absolute atomic E-state index is 0.774. The zero-order valence-corrected chi connectivity index (χ0v) is 15.0. The Bertz CT molecular complexity index is 242. The molecule has 1 aliphatic heterocycles. The molecule has 1 fully saturated rings. The molecule has 4 nitrogen and oxygen atoms in total. The minimum atomic E-state index is -2.07. The number of hydrogen-bond acceptors (Lipinski definition) is 4. The summed E-state index contributed by atoms with van der Waals surface area (Å²) in [4.78, 5) is 2.58. The van der Waals surface area contributed by atoms with E-state index >= 15 is 0 Å². The van der Waals surface area contributed by atoms with E-state index in [4.69, 9.17) is 8.85 Å². The molecule has 0 aromatic rings. The fourth-order valence-electron chi connectivity index (χ4n) is 3.15. The van der Waals surface area contributed by atoms with Gasteiger partial charge in [0.1, 0.15) is 0 Å². The number of hydrogen-bond donors (Lipinski definition) is 0. The second-order valence-corrected chi connectivity index (χ2v) is 8.65. The second-order valence-electron chi connectivity index (χ2n) is 5.51. The number of rotatable bonds is 11. The van der Waals surface area contributed by atoms with Crippen molar-refractivity contribution in [1.29, 1.82) is 0 Å². The maximum absolute atomic E-state index is 6.12. The van der Waals surface area contributed by atoms with E-state index in [0.29, 0.717) is 0 Å². The Labute approximate surface area is 126 Å². The molecule has 0 aromatic heterocycles. The highest BCUT2D eigenvalue weighted by atomic mass is 28.4. The van der Waals surface area contributed by atoms with E-state index in [-0.39, 0.29) is 0 Å². The van der Waals surface area contributed by atoms with Crippen molar-refractivity contribution in [1.82, 2.24) is 9.47 Å². The van der Waals surface area contributed by atoms with Gasteiger partial charge >= 0.3 is 8.72 Å². The summed E-state index contributed by atoms with van der Waals surface area (Å²) in [6.07, 6.45) is 3.70. The molecule has 120 valence electrons. The van der Waals surface area contributed by atoms with Crippen LogP contribution in [0, 0.1) is 0 Å². The van der Waals surface area contributed by atoms with Gasteiger partial charge in [-0.05, 0) is 52.7 Å². The third kappa shape index (κ3) is 5.11. The Morgan fingerprint density at radius 2 is 1.55 bits per heavy atom. The summed E-state index contributed by atoms with van der Waals surface area (Å²) >= 11 is 0. The Balaban J connectivity index is 2.54. The van der Waals surface area contributed by atoms with Gasteiger partial charge < -0.3 is 13.8 Å². The molecule has 0 radical (unpaired) electrons. The zero-order valence-electron chi connectivity index (χ0n) is 14.0. The lowest BCUT2D eigenvalue weighted by atomic mass is 10.3. The lowest BCUT2D eigenvalue weighted by molar-refractivity contribution is 0.129. The van der Waals surface area contributed by atoms with Gasteiger partial charge in [-0.15, -0.1) is 0 Å². The minimum Gasteiger partial charge on any atom is -0.383 e. The van der Waals surface area contributed by atoms with Crippen LogP contribution in [-0.2, 0) is 8.85 Å². The first kappa shape index (κ1) is 18.1. The van der Waals surface area contributed by atoms with Gasteiger partial charge in [0.25, 0.3) is 0 Å². The van der Waals surface area contributed by atoms with Crippen LogP contribution in [0.3, 0.4) is 0 Å². The summed E-state index contributed by atoms with van der Waals surface area (Å²) in [5.41, 5.74) is 0. The van der Waals surface area contributed by atoms with Crippen molar-refractivity contribution in [2.45, 2.75) is 53.0 Å². The lowest BCUT2D eigenvalue weighted by Crippen LogP contribution is -2.56. The Morgan fingerprint density at radius 1 is 0.950 bits per heavy atom. The highest BCUT2D eigenvalue weighted by Crippen LogP contribution is 2.28. The van der Waals surface area contributed by atoms with E-state index in [1.54, 1.807) is 0 Å². The fourth-order valence-corrected chi connectivity index (χ4v) is 6.65. The first-order chi connectivity index (χ1) is 9.72. The van der Waals surface area contributed by atoms with Gasteiger partial charge in [-0.3, -0.25) is 4.57 Å². The molecule has 0 bridgehead atoms. The normalized spacial score (nSPS) is 19.1. The van der Waals surface area contributed by atoms with Crippen molar-refractivity contribution in [3.8, 4) is 0 Å². The van der Waals surface area contributed by atoms with Crippen LogP contribution in [0.5, 0.6) is 0 Å². The molecular weight excluding hydrogens is 268 g/mol. The average molecular weight is 303 g/mol. The van der Waals surface area contributed by atoms with Gasteiger partial charge in [0.15, 0.2) is 0 Å². The molecule has 0 unspecified atom stereocenters. The van der Waals surface area contributed by atoms with Gasteiger partial charge in [-0.25, -0.2) is 0 Å². The Morgan fingerprint density at radius 3 is 2.05 bits per heavy atom. The predicted octanol–water partition coefficient (Wildman–Crippen LogP) is 2.83. The van der Waals surface area contributed by atoms with E-state index in [0.717, 1.165) is 38.9 Å². The first-order valence-corrected chi connectivity index (χ1v) is 10.4. The molecule has 0 spiro atoms. The fraction of sp³-hybridized carbons (Fsp3) is 1.00. The summed E-state index contributed by atoms with van der Waals surface area (Å²) in [6.45, 7) is 16.1. The topological polar surface area (TPSA) is 24.9 Å². The smallest absolute Gasteiger partial charge is 0.383 e. The van der Waals surface area contributed by atoms with Crippen molar-refractivity contribution in [3.05, 3.63) is 0 Å². The summed E-state index contributed by atoms with van der Waals surface area (Å²) < 4.78 is 14.8.